The number of aryl methyl sites for hydroxylation is 8. The van der Waals surface area contributed by atoms with Gasteiger partial charge in [-0.1, -0.05) is 48.5 Å². The molecule has 0 radical (unpaired) electrons. The first-order valence-corrected chi connectivity index (χ1v) is 41.9. The number of rotatable bonds is 16. The maximum absolute atomic E-state index is 13.6. The Hall–Kier alpha value is -13.1. The number of carbonyl (C=O) groups is 4. The average Bonchev–Trinajstić information content (AvgIpc) is 1.62. The first-order chi connectivity index (χ1) is 58.3. The lowest BCUT2D eigenvalue weighted by molar-refractivity contribution is 0.0680. The van der Waals surface area contributed by atoms with Crippen LogP contribution in [0.15, 0.2) is 220 Å². The zero-order valence-corrected chi connectivity index (χ0v) is 69.0. The second-order valence-electron chi connectivity index (χ2n) is 33.7. The van der Waals surface area contributed by atoms with Crippen LogP contribution in [0.3, 0.4) is 0 Å². The minimum atomic E-state index is -0.00785. The first kappa shape index (κ1) is 79.4. The Balaban J connectivity index is 0.000000114. The van der Waals surface area contributed by atoms with Gasteiger partial charge in [-0.15, -0.1) is 0 Å². The van der Waals surface area contributed by atoms with E-state index >= 15 is 0 Å². The number of carbonyl (C=O) groups excluding carboxylic acids is 4. The van der Waals surface area contributed by atoms with Gasteiger partial charge in [0.1, 0.15) is 46.0 Å². The maximum atomic E-state index is 13.6. The Kier molecular flexibility index (Phi) is 23.0. The van der Waals surface area contributed by atoms with E-state index < -0.39 is 0 Å². The summed E-state index contributed by atoms with van der Waals surface area (Å²) in [5, 5.41) is 14.2. The summed E-state index contributed by atoms with van der Waals surface area (Å²) in [7, 11) is 0. The number of hydrogen-bond donors (Lipinski definition) is 4. The van der Waals surface area contributed by atoms with Crippen molar-refractivity contribution < 1.29 is 19.2 Å². The number of anilines is 4. The number of aromatic nitrogens is 12. The van der Waals surface area contributed by atoms with Gasteiger partial charge in [0, 0.05) is 135 Å². The zero-order chi connectivity index (χ0) is 82.7. The summed E-state index contributed by atoms with van der Waals surface area (Å²) in [6.07, 6.45) is 26.4. The third kappa shape index (κ3) is 17.4. The molecule has 20 rings (SSSR count). The number of piperidine rings is 4. The molecule has 24 heteroatoms. The monoisotopic (exact) mass is 1600 g/mol. The van der Waals surface area contributed by atoms with Crippen molar-refractivity contribution in [1.82, 2.24) is 79.4 Å². The zero-order valence-electron chi connectivity index (χ0n) is 69.0. The van der Waals surface area contributed by atoms with Crippen LogP contribution in [0.5, 0.6) is 0 Å². The first-order valence-electron chi connectivity index (χ1n) is 41.9. The fourth-order valence-electron chi connectivity index (χ4n) is 19.0. The van der Waals surface area contributed by atoms with E-state index in [2.05, 4.69) is 105 Å². The third-order valence-electron chi connectivity index (χ3n) is 24.6. The summed E-state index contributed by atoms with van der Waals surface area (Å²) < 4.78 is 0. The summed E-state index contributed by atoms with van der Waals surface area (Å²) in [4.78, 5) is 117. The Bertz CT molecular complexity index is 5310. The largest absolute Gasteiger partial charge is 0.365 e. The SMILES string of the molecule is Cc1ccc(NC2CC3CC2N(C(=O)c2cc(C)cnc2-c2ccccn2)C3)nc1.Cc1ccc(NC2CC3CC2N(C(=O)c2ccc(C)nc2-c2ccccn2)C3)nc1.Cc1ccc(NC2CC3CC2N(C(=O)c2nc(C)ccc2-c2ccccn2)C3)nc1.Cc1ccc(NC2CC3CC2N(C(=O)c2ncc(C)cc2-c2ccccn2)C3)nc1. The van der Waals surface area contributed by atoms with Crippen LogP contribution in [0.25, 0.3) is 45.3 Å². The fourth-order valence-corrected chi connectivity index (χ4v) is 19.0. The Morgan fingerprint density at radius 2 is 0.642 bits per heavy atom. The molecule has 12 atom stereocenters. The van der Waals surface area contributed by atoms with Crippen LogP contribution in [0.2, 0.25) is 0 Å². The van der Waals surface area contributed by atoms with E-state index in [9.17, 15) is 19.2 Å². The molecule has 4 saturated heterocycles. The Morgan fingerprint density at radius 3 is 1.04 bits per heavy atom. The number of nitrogens with one attached hydrogen (secondary N) is 4. The molecule has 12 unspecified atom stereocenters. The van der Waals surface area contributed by atoms with Crippen LogP contribution in [-0.4, -0.2) is 178 Å². The molecule has 0 spiro atoms. The normalized spacial score (nSPS) is 22.3. The van der Waals surface area contributed by atoms with Crippen LogP contribution in [0.4, 0.5) is 23.3 Å². The summed E-state index contributed by atoms with van der Waals surface area (Å²) in [6, 6.07) is 52.3. The highest BCUT2D eigenvalue weighted by molar-refractivity contribution is 6.02. The van der Waals surface area contributed by atoms with Gasteiger partial charge in [-0.2, -0.15) is 0 Å². The van der Waals surface area contributed by atoms with Crippen molar-refractivity contribution in [1.29, 1.82) is 0 Å². The highest BCUT2D eigenvalue weighted by atomic mass is 16.2. The topological polar surface area (TPSA) is 284 Å². The van der Waals surface area contributed by atoms with E-state index in [1.54, 1.807) is 37.2 Å². The van der Waals surface area contributed by atoms with Gasteiger partial charge in [-0.25, -0.2) is 24.9 Å². The molecule has 4 saturated carbocycles. The van der Waals surface area contributed by atoms with E-state index in [1.165, 1.54) is 0 Å². The molecule has 4 amide bonds. The molecule has 8 aliphatic rings. The molecular formula is C96H100N20O4. The van der Waals surface area contributed by atoms with E-state index in [1.807, 2.05) is 233 Å². The number of fused-ring (bicyclic) bond motifs is 8. The molecular weight excluding hydrogens is 1500 g/mol. The van der Waals surface area contributed by atoms with Gasteiger partial charge < -0.3 is 40.9 Å². The van der Waals surface area contributed by atoms with Crippen LogP contribution in [0.1, 0.15) is 138 Å². The average molecular weight is 1600 g/mol. The van der Waals surface area contributed by atoms with Gasteiger partial charge >= 0.3 is 0 Å². The van der Waals surface area contributed by atoms with E-state index in [0.29, 0.717) is 57.6 Å². The number of hydrogen-bond acceptors (Lipinski definition) is 20. The standard InChI is InChI=1S/4C24H25N5O/c1-15-6-9-22(26-13-15)28-20-11-17-12-21(20)29(14-17)24(30)18-8-7-16(2)27-23(18)19-5-3-4-10-25-19;1-15-6-9-22(26-13-15)28-20-11-17-12-21(20)29(14-17)24(30)23-18(8-7-16(2)27-23)19-5-3-4-10-25-19;1-15-6-7-22(26-12-15)28-20-10-17-11-21(20)29(14-17)24(30)18-9-16(2)13-27-23(18)19-5-3-4-8-25-19;1-15-6-7-22(26-12-15)28-20-10-17-11-21(20)29(14-17)24(30)23-18(9-16(2)13-27-23)19-5-3-4-8-25-19/h2*3-10,13,17,20-21H,11-12,14H2,1-2H3,(H,26,28);2*3-9,12-13,17,20-21H,10-11,14H2,1-2H3,(H,26,28). The minimum Gasteiger partial charge on any atom is -0.365 e. The maximum Gasteiger partial charge on any atom is 0.273 e. The summed E-state index contributed by atoms with van der Waals surface area (Å²) in [6.45, 7) is 19.1. The molecule has 120 heavy (non-hydrogen) atoms. The van der Waals surface area contributed by atoms with Crippen LogP contribution < -0.4 is 21.3 Å². The second kappa shape index (κ2) is 34.8. The van der Waals surface area contributed by atoms with E-state index in [4.69, 9.17) is 0 Å². The van der Waals surface area contributed by atoms with Crippen LogP contribution in [-0.2, 0) is 0 Å². The number of pyridine rings is 12. The van der Waals surface area contributed by atoms with Crippen molar-refractivity contribution in [3.8, 4) is 45.3 Å². The van der Waals surface area contributed by atoms with Crippen LogP contribution in [0, 0.1) is 79.1 Å². The van der Waals surface area contributed by atoms with Crippen molar-refractivity contribution in [2.45, 2.75) is 155 Å². The lowest BCUT2D eigenvalue weighted by atomic mass is 10.0. The molecule has 8 fully saturated rings. The lowest BCUT2D eigenvalue weighted by Crippen LogP contribution is -2.48. The Labute approximate surface area is 700 Å². The second-order valence-corrected chi connectivity index (χ2v) is 33.7. The van der Waals surface area contributed by atoms with Crippen molar-refractivity contribution >= 4 is 46.9 Å². The predicted octanol–water partition coefficient (Wildman–Crippen LogP) is 15.5. The molecule has 608 valence electrons. The molecule has 4 aliphatic carbocycles. The lowest BCUT2D eigenvalue weighted by Gasteiger charge is -2.34. The summed E-state index contributed by atoms with van der Waals surface area (Å²) in [5.74, 6) is 5.64. The van der Waals surface area contributed by atoms with Gasteiger partial charge in [0.05, 0.1) is 58.1 Å². The molecule has 12 aromatic heterocycles. The van der Waals surface area contributed by atoms with Crippen molar-refractivity contribution in [2.75, 3.05) is 47.4 Å². The van der Waals surface area contributed by atoms with Crippen LogP contribution >= 0.6 is 0 Å². The molecule has 0 aromatic carbocycles. The number of likely N-dealkylation sites (tertiary alicyclic amines) is 4. The predicted molar refractivity (Wildman–Crippen MR) is 465 cm³/mol. The fraction of sp³-hybridized carbons (Fsp3) is 0.333. The highest BCUT2D eigenvalue weighted by Gasteiger charge is 2.52. The van der Waals surface area contributed by atoms with Gasteiger partial charge in [0.15, 0.2) is 0 Å². The molecule has 4 aliphatic heterocycles. The third-order valence-corrected chi connectivity index (χ3v) is 24.6. The highest BCUT2D eigenvalue weighted by Crippen LogP contribution is 2.45. The number of nitrogens with zero attached hydrogens (tertiary/aromatic N) is 16. The molecule has 12 aromatic rings. The van der Waals surface area contributed by atoms with Crippen molar-refractivity contribution in [3.05, 3.63) is 287 Å². The van der Waals surface area contributed by atoms with Gasteiger partial charge in [0.25, 0.3) is 23.6 Å². The quantitative estimate of drug-likeness (QED) is 0.0699. The summed E-state index contributed by atoms with van der Waals surface area (Å²) in [5.41, 5.74) is 16.4. The van der Waals surface area contributed by atoms with E-state index in [-0.39, 0.29) is 72.0 Å². The minimum absolute atomic E-state index is 0.00443. The number of amides is 4. The van der Waals surface area contributed by atoms with Gasteiger partial charge in [-0.3, -0.25) is 54.1 Å². The molecule has 4 N–H and O–H groups in total. The van der Waals surface area contributed by atoms with Crippen molar-refractivity contribution in [3.63, 3.8) is 0 Å². The molecule has 8 bridgehead atoms. The van der Waals surface area contributed by atoms with Crippen molar-refractivity contribution in [2.24, 2.45) is 23.7 Å². The van der Waals surface area contributed by atoms with E-state index in [0.717, 1.165) is 179 Å². The van der Waals surface area contributed by atoms with Gasteiger partial charge in [0.2, 0.25) is 0 Å². The van der Waals surface area contributed by atoms with Gasteiger partial charge in [-0.05, 0) is 273 Å². The molecule has 16 heterocycles. The molecule has 24 nitrogen and oxygen atoms in total. The smallest absolute Gasteiger partial charge is 0.273 e. The Morgan fingerprint density at radius 1 is 0.292 bits per heavy atom. The summed E-state index contributed by atoms with van der Waals surface area (Å²) >= 11 is 0.